The number of ketones is 1. The molecule has 0 amide bonds. The maximum Gasteiger partial charge on any atom is 0.371 e. The fourth-order valence-electron chi connectivity index (χ4n) is 0. The van der Waals surface area contributed by atoms with Crippen LogP contribution < -0.4 is 0 Å². The normalized spacial score (nSPS) is 6.43. The first-order chi connectivity index (χ1) is 2.64. The van der Waals surface area contributed by atoms with Gasteiger partial charge in [0, 0.05) is 26.4 Å². The van der Waals surface area contributed by atoms with Gasteiger partial charge >= 0.3 is 5.97 Å². The maximum atomic E-state index is 9.54. The number of carboxylic acid groups (broad SMARTS) is 1. The average Bonchev–Trinajstić information content (AvgIpc) is 1.36. The number of carbonyl (C=O) groups is 2. The third-order valence-electron chi connectivity index (χ3n) is 0.301. The van der Waals surface area contributed by atoms with Crippen molar-refractivity contribution in [2.45, 2.75) is 6.92 Å². The minimum atomic E-state index is -1.38. The molecule has 1 N–H and O–H groups in total. The Morgan fingerprint density at radius 2 is 1.57 bits per heavy atom. The van der Waals surface area contributed by atoms with Crippen LogP contribution >= 0.6 is 0 Å². The number of carbonyl (C=O) groups excluding carboxylic acids is 1. The van der Waals surface area contributed by atoms with Crippen molar-refractivity contribution in [2.75, 3.05) is 0 Å². The number of carboxylic acids is 1. The van der Waals surface area contributed by atoms with Crippen LogP contribution in [-0.2, 0) is 29.1 Å². The molecule has 0 rings (SSSR count). The van der Waals surface area contributed by atoms with Gasteiger partial charge in [-0.25, -0.2) is 4.79 Å². The molecule has 0 aliphatic carbocycles. The van der Waals surface area contributed by atoms with E-state index in [2.05, 4.69) is 0 Å². The quantitative estimate of drug-likeness (QED) is 0.453. The zero-order chi connectivity index (χ0) is 5.15. The van der Waals surface area contributed by atoms with E-state index >= 15 is 0 Å². The molecule has 0 unspecified atom stereocenters. The second-order valence-corrected chi connectivity index (χ2v) is 0.861. The van der Waals surface area contributed by atoms with Gasteiger partial charge in [0.15, 0.2) is 0 Å². The summed E-state index contributed by atoms with van der Waals surface area (Å²) in [7, 11) is 0. The Morgan fingerprint density at radius 3 is 1.57 bits per heavy atom. The molecule has 0 fully saturated rings. The first-order valence-electron chi connectivity index (χ1n) is 1.38. The zero-order valence-corrected chi connectivity index (χ0v) is 5.36. The Hall–Kier alpha value is -0.237. The Morgan fingerprint density at radius 1 is 1.43 bits per heavy atom. The zero-order valence-electron chi connectivity index (χ0n) is 3.62. The summed E-state index contributed by atoms with van der Waals surface area (Å²) in [5.74, 6) is -2.20. The van der Waals surface area contributed by atoms with Crippen molar-refractivity contribution in [2.24, 2.45) is 0 Å². The van der Waals surface area contributed by atoms with Gasteiger partial charge < -0.3 is 5.11 Å². The van der Waals surface area contributed by atoms with Crippen LogP contribution in [0.15, 0.2) is 0 Å². The van der Waals surface area contributed by atoms with Crippen molar-refractivity contribution in [1.29, 1.82) is 0 Å². The number of rotatable bonds is 1. The number of Topliss-reactive ketones (excluding diaryl/α,β-unsaturated/α-hetero) is 1. The molecule has 0 spiro atoms. The van der Waals surface area contributed by atoms with Crippen LogP contribution in [0.2, 0.25) is 0 Å². The van der Waals surface area contributed by atoms with Gasteiger partial charge in [-0.2, -0.15) is 0 Å². The van der Waals surface area contributed by atoms with Gasteiger partial charge in [-0.05, 0) is 0 Å². The average molecular weight is 189 g/mol. The van der Waals surface area contributed by atoms with Gasteiger partial charge in [0.2, 0.25) is 5.78 Å². The van der Waals surface area contributed by atoms with Crippen molar-refractivity contribution in [3.63, 3.8) is 0 Å². The van der Waals surface area contributed by atoms with Crippen molar-refractivity contribution in [3.8, 4) is 0 Å². The molecule has 3 nitrogen and oxygen atoms in total. The summed E-state index contributed by atoms with van der Waals surface area (Å²) in [6.45, 7) is 1.00. The Kier molecular flexibility index (Phi) is 5.57. The van der Waals surface area contributed by atoms with Crippen LogP contribution in [0.5, 0.6) is 0 Å². The third kappa shape index (κ3) is 5.76. The van der Waals surface area contributed by atoms with E-state index in [1.807, 2.05) is 0 Å². The van der Waals surface area contributed by atoms with E-state index in [4.69, 9.17) is 5.11 Å². The molecule has 42 valence electrons. The molecule has 4 heteroatoms. The fraction of sp³-hybridized carbons (Fsp3) is 0.333. The van der Waals surface area contributed by atoms with Crippen molar-refractivity contribution in [3.05, 3.63) is 0 Å². The Balaban J connectivity index is 0. The minimum Gasteiger partial charge on any atom is -0.476 e. The predicted molar refractivity (Wildman–Crippen MR) is 18.3 cm³/mol. The van der Waals surface area contributed by atoms with E-state index in [-0.39, 0.29) is 19.5 Å². The van der Waals surface area contributed by atoms with Crippen LogP contribution in [0.4, 0.5) is 0 Å². The summed E-state index contributed by atoms with van der Waals surface area (Å²) >= 11 is 0. The molecule has 0 aliphatic heterocycles. The van der Waals surface area contributed by atoms with Crippen molar-refractivity contribution in [1.82, 2.24) is 0 Å². The van der Waals surface area contributed by atoms with Gasteiger partial charge in [0.1, 0.15) is 0 Å². The minimum absolute atomic E-state index is 0. The topological polar surface area (TPSA) is 54.4 Å². The van der Waals surface area contributed by atoms with Crippen LogP contribution in [0.25, 0.3) is 0 Å². The molecular weight excluding hydrogens is 185 g/mol. The van der Waals surface area contributed by atoms with Crippen LogP contribution in [0, 0.1) is 0 Å². The summed E-state index contributed by atoms with van der Waals surface area (Å²) in [4.78, 5) is 18.9. The van der Waals surface area contributed by atoms with Gasteiger partial charge in [-0.1, -0.05) is 0 Å². The molecule has 0 heterocycles. The third-order valence-corrected chi connectivity index (χ3v) is 0.301. The summed E-state index contributed by atoms with van der Waals surface area (Å²) in [6, 6.07) is 0. The second-order valence-electron chi connectivity index (χ2n) is 0.861. The SMILES string of the molecule is CC(=O)C(=O)O.[Ru]. The summed E-state index contributed by atoms with van der Waals surface area (Å²) < 4.78 is 0. The molecule has 0 saturated heterocycles. The molecule has 0 bridgehead atoms. The molecule has 0 aromatic heterocycles. The van der Waals surface area contributed by atoms with Gasteiger partial charge in [-0.15, -0.1) is 0 Å². The Bertz CT molecular complexity index is 76.2. The number of aliphatic carboxylic acids is 1. The smallest absolute Gasteiger partial charge is 0.371 e. The molecule has 0 saturated carbocycles. The molecule has 0 aromatic carbocycles. The van der Waals surface area contributed by atoms with Crippen molar-refractivity contribution >= 4 is 11.8 Å². The summed E-state index contributed by atoms with van der Waals surface area (Å²) in [6.07, 6.45) is 0. The van der Waals surface area contributed by atoms with Gasteiger partial charge in [-0.3, -0.25) is 4.79 Å². The molecular formula is C3H4O3Ru. The largest absolute Gasteiger partial charge is 0.476 e. The number of hydrogen-bond donors (Lipinski definition) is 1. The fourth-order valence-corrected chi connectivity index (χ4v) is 0. The van der Waals surface area contributed by atoms with Crippen LogP contribution in [0.3, 0.4) is 0 Å². The monoisotopic (exact) mass is 190 g/mol. The summed E-state index contributed by atoms with van der Waals surface area (Å²) in [5, 5.41) is 7.64. The van der Waals surface area contributed by atoms with E-state index < -0.39 is 11.8 Å². The van der Waals surface area contributed by atoms with Gasteiger partial charge in [0.25, 0.3) is 0 Å². The molecule has 0 aliphatic rings. The van der Waals surface area contributed by atoms with E-state index in [0.717, 1.165) is 6.92 Å². The van der Waals surface area contributed by atoms with Crippen LogP contribution in [0.1, 0.15) is 6.92 Å². The van der Waals surface area contributed by atoms with E-state index in [9.17, 15) is 9.59 Å². The first kappa shape index (κ1) is 9.90. The molecule has 0 radical (unpaired) electrons. The van der Waals surface area contributed by atoms with E-state index in [1.54, 1.807) is 0 Å². The van der Waals surface area contributed by atoms with Crippen molar-refractivity contribution < 1.29 is 34.2 Å². The first-order valence-corrected chi connectivity index (χ1v) is 1.38. The molecule has 0 atom stereocenters. The molecule has 7 heavy (non-hydrogen) atoms. The van der Waals surface area contributed by atoms with Gasteiger partial charge in [0.05, 0.1) is 0 Å². The van der Waals surface area contributed by atoms with E-state index in [0.29, 0.717) is 0 Å². The second kappa shape index (κ2) is 3.94. The maximum absolute atomic E-state index is 9.54. The standard InChI is InChI=1S/C3H4O3.Ru/c1-2(4)3(5)6;/h1H3,(H,5,6);. The Labute approximate surface area is 53.5 Å². The number of hydrogen-bond acceptors (Lipinski definition) is 2. The molecule has 0 aromatic rings. The predicted octanol–water partition coefficient (Wildman–Crippen LogP) is -0.343. The van der Waals surface area contributed by atoms with E-state index in [1.165, 1.54) is 0 Å². The summed E-state index contributed by atoms with van der Waals surface area (Å²) in [5.41, 5.74) is 0. The van der Waals surface area contributed by atoms with Crippen LogP contribution in [-0.4, -0.2) is 16.9 Å².